The number of hydrogen-bond donors (Lipinski definition) is 1. The topological polar surface area (TPSA) is 39.7 Å². The zero-order valence-electron chi connectivity index (χ0n) is 11.7. The van der Waals surface area contributed by atoms with Crippen LogP contribution in [-0.2, 0) is 9.47 Å². The van der Waals surface area contributed by atoms with E-state index in [1.807, 2.05) is 12.1 Å². The van der Waals surface area contributed by atoms with E-state index in [0.29, 0.717) is 25.2 Å². The summed E-state index contributed by atoms with van der Waals surface area (Å²) in [4.78, 5) is 0. The van der Waals surface area contributed by atoms with Gasteiger partial charge in [-0.1, -0.05) is 0 Å². The first-order valence-electron chi connectivity index (χ1n) is 6.85. The Labute approximate surface area is 115 Å². The first-order valence-corrected chi connectivity index (χ1v) is 6.85. The third-order valence-corrected chi connectivity index (χ3v) is 3.48. The summed E-state index contributed by atoms with van der Waals surface area (Å²) >= 11 is 0. The molecular formula is C15H23NO3. The van der Waals surface area contributed by atoms with Crippen LogP contribution >= 0.6 is 0 Å². The number of ether oxygens (including phenoxy) is 3. The third-order valence-electron chi connectivity index (χ3n) is 3.48. The highest BCUT2D eigenvalue weighted by atomic mass is 16.5. The summed E-state index contributed by atoms with van der Waals surface area (Å²) in [5.74, 6) is 1.48. The second kappa shape index (κ2) is 7.36. The van der Waals surface area contributed by atoms with Crippen LogP contribution in [0.4, 0.5) is 5.69 Å². The largest absolute Gasteiger partial charge is 0.491 e. The Morgan fingerprint density at radius 2 is 2.11 bits per heavy atom. The molecule has 1 aliphatic rings. The van der Waals surface area contributed by atoms with E-state index in [1.165, 1.54) is 0 Å². The second-order valence-corrected chi connectivity index (χ2v) is 4.92. The lowest BCUT2D eigenvalue weighted by atomic mass is 10.0. The molecule has 1 aromatic carbocycles. The van der Waals surface area contributed by atoms with Crippen LogP contribution in [0.1, 0.15) is 13.3 Å². The van der Waals surface area contributed by atoms with Gasteiger partial charge in [-0.3, -0.25) is 0 Å². The van der Waals surface area contributed by atoms with Crippen LogP contribution in [0.2, 0.25) is 0 Å². The Hall–Kier alpha value is -1.26. The van der Waals surface area contributed by atoms with Crippen molar-refractivity contribution in [1.82, 2.24) is 0 Å². The van der Waals surface area contributed by atoms with Gasteiger partial charge in [-0.25, -0.2) is 0 Å². The van der Waals surface area contributed by atoms with Crippen LogP contribution in [0.15, 0.2) is 24.3 Å². The molecule has 0 bridgehead atoms. The van der Waals surface area contributed by atoms with Gasteiger partial charge in [0.25, 0.3) is 0 Å². The fourth-order valence-corrected chi connectivity index (χ4v) is 2.22. The number of methoxy groups -OCH3 is 1. The van der Waals surface area contributed by atoms with Gasteiger partial charge >= 0.3 is 0 Å². The molecule has 2 atom stereocenters. The van der Waals surface area contributed by atoms with Gasteiger partial charge in [0, 0.05) is 31.4 Å². The summed E-state index contributed by atoms with van der Waals surface area (Å²) in [7, 11) is 1.67. The van der Waals surface area contributed by atoms with Gasteiger partial charge in [-0.2, -0.15) is 0 Å². The summed E-state index contributed by atoms with van der Waals surface area (Å²) in [6, 6.07) is 8.50. The first kappa shape index (κ1) is 14.2. The molecule has 1 N–H and O–H groups in total. The zero-order valence-corrected chi connectivity index (χ0v) is 11.7. The Kier molecular flexibility index (Phi) is 5.48. The van der Waals surface area contributed by atoms with Crippen molar-refractivity contribution in [1.29, 1.82) is 0 Å². The van der Waals surface area contributed by atoms with Crippen LogP contribution < -0.4 is 10.1 Å². The predicted molar refractivity (Wildman–Crippen MR) is 75.8 cm³/mol. The van der Waals surface area contributed by atoms with Crippen molar-refractivity contribution >= 4 is 5.69 Å². The van der Waals surface area contributed by atoms with Crippen LogP contribution in [0.5, 0.6) is 5.75 Å². The number of rotatable bonds is 7. The van der Waals surface area contributed by atoms with Crippen LogP contribution in [-0.4, -0.2) is 39.6 Å². The maximum absolute atomic E-state index is 5.53. The van der Waals surface area contributed by atoms with Gasteiger partial charge in [0.2, 0.25) is 0 Å². The van der Waals surface area contributed by atoms with Gasteiger partial charge in [0.1, 0.15) is 12.4 Å². The van der Waals surface area contributed by atoms with Crippen molar-refractivity contribution in [3.8, 4) is 5.75 Å². The lowest BCUT2D eigenvalue weighted by Crippen LogP contribution is -2.26. The van der Waals surface area contributed by atoms with Gasteiger partial charge < -0.3 is 19.5 Å². The van der Waals surface area contributed by atoms with Crippen LogP contribution in [0, 0.1) is 5.92 Å². The number of hydrogen-bond acceptors (Lipinski definition) is 4. The fourth-order valence-electron chi connectivity index (χ4n) is 2.22. The molecule has 0 aliphatic carbocycles. The van der Waals surface area contributed by atoms with E-state index >= 15 is 0 Å². The standard InChI is InChI=1S/C15H23NO3/c1-12(13-7-8-18-11-13)16-14-3-5-15(6-4-14)19-10-9-17-2/h3-6,12-13,16H,7-11H2,1-2H3. The summed E-state index contributed by atoms with van der Waals surface area (Å²) in [6.45, 7) is 5.16. The highest BCUT2D eigenvalue weighted by Gasteiger charge is 2.21. The maximum Gasteiger partial charge on any atom is 0.119 e. The molecule has 0 amide bonds. The third kappa shape index (κ3) is 4.40. The molecule has 0 aromatic heterocycles. The molecule has 106 valence electrons. The molecule has 1 saturated heterocycles. The van der Waals surface area contributed by atoms with Crippen molar-refractivity contribution in [3.63, 3.8) is 0 Å². The molecular weight excluding hydrogens is 242 g/mol. The molecule has 2 rings (SSSR count). The quantitative estimate of drug-likeness (QED) is 0.769. The van der Waals surface area contributed by atoms with Crippen molar-refractivity contribution < 1.29 is 14.2 Å². The zero-order chi connectivity index (χ0) is 13.5. The molecule has 0 saturated carbocycles. The monoisotopic (exact) mass is 265 g/mol. The molecule has 4 nitrogen and oxygen atoms in total. The Balaban J connectivity index is 1.80. The average molecular weight is 265 g/mol. The Bertz CT molecular complexity index is 360. The maximum atomic E-state index is 5.53. The van der Waals surface area contributed by atoms with Crippen LogP contribution in [0.3, 0.4) is 0 Å². The summed E-state index contributed by atoms with van der Waals surface area (Å²) in [6.07, 6.45) is 1.15. The second-order valence-electron chi connectivity index (χ2n) is 4.92. The average Bonchev–Trinajstić information content (AvgIpc) is 2.95. The van der Waals surface area contributed by atoms with E-state index in [1.54, 1.807) is 7.11 Å². The van der Waals surface area contributed by atoms with E-state index in [9.17, 15) is 0 Å². The van der Waals surface area contributed by atoms with E-state index in [4.69, 9.17) is 14.2 Å². The van der Waals surface area contributed by atoms with E-state index in [0.717, 1.165) is 31.1 Å². The smallest absolute Gasteiger partial charge is 0.119 e. The molecule has 19 heavy (non-hydrogen) atoms. The number of benzene rings is 1. The lowest BCUT2D eigenvalue weighted by molar-refractivity contribution is 0.146. The normalized spacial score (nSPS) is 20.2. The lowest BCUT2D eigenvalue weighted by Gasteiger charge is -2.20. The molecule has 2 unspecified atom stereocenters. The number of anilines is 1. The Morgan fingerprint density at radius 1 is 1.32 bits per heavy atom. The van der Waals surface area contributed by atoms with Crippen LogP contribution in [0.25, 0.3) is 0 Å². The Morgan fingerprint density at radius 3 is 2.74 bits per heavy atom. The summed E-state index contributed by atoms with van der Waals surface area (Å²) in [5.41, 5.74) is 1.12. The van der Waals surface area contributed by atoms with E-state index in [2.05, 4.69) is 24.4 Å². The molecule has 1 heterocycles. The van der Waals surface area contributed by atoms with Crippen molar-refractivity contribution in [2.24, 2.45) is 5.92 Å². The van der Waals surface area contributed by atoms with Gasteiger partial charge in [0.15, 0.2) is 0 Å². The predicted octanol–water partition coefficient (Wildman–Crippen LogP) is 2.55. The molecule has 0 radical (unpaired) electrons. The van der Waals surface area contributed by atoms with Gasteiger partial charge in [-0.05, 0) is 37.6 Å². The highest BCUT2D eigenvalue weighted by molar-refractivity contribution is 5.47. The van der Waals surface area contributed by atoms with E-state index < -0.39 is 0 Å². The SMILES string of the molecule is COCCOc1ccc(NC(C)C2CCOC2)cc1. The number of nitrogens with one attached hydrogen (secondary N) is 1. The fraction of sp³-hybridized carbons (Fsp3) is 0.600. The molecule has 1 fully saturated rings. The minimum atomic E-state index is 0.433. The summed E-state index contributed by atoms with van der Waals surface area (Å²) in [5, 5.41) is 3.52. The minimum Gasteiger partial charge on any atom is -0.491 e. The molecule has 0 spiro atoms. The minimum absolute atomic E-state index is 0.433. The van der Waals surface area contributed by atoms with Crippen molar-refractivity contribution in [2.75, 3.05) is 38.9 Å². The summed E-state index contributed by atoms with van der Waals surface area (Å²) < 4.78 is 15.9. The first-order chi connectivity index (χ1) is 9.29. The molecule has 1 aromatic rings. The van der Waals surface area contributed by atoms with Crippen molar-refractivity contribution in [2.45, 2.75) is 19.4 Å². The highest BCUT2D eigenvalue weighted by Crippen LogP contribution is 2.21. The van der Waals surface area contributed by atoms with Gasteiger partial charge in [-0.15, -0.1) is 0 Å². The van der Waals surface area contributed by atoms with Crippen molar-refractivity contribution in [3.05, 3.63) is 24.3 Å². The molecule has 4 heteroatoms. The van der Waals surface area contributed by atoms with E-state index in [-0.39, 0.29) is 0 Å². The molecule has 1 aliphatic heterocycles. The van der Waals surface area contributed by atoms with Gasteiger partial charge in [0.05, 0.1) is 13.2 Å².